The molecule has 1 fully saturated rings. The lowest BCUT2D eigenvalue weighted by atomic mass is 10.2. The highest BCUT2D eigenvalue weighted by Crippen LogP contribution is 2.25. The summed E-state index contributed by atoms with van der Waals surface area (Å²) < 4.78 is 13.2. The van der Waals surface area contributed by atoms with Crippen LogP contribution in [0.25, 0.3) is 10.9 Å². The van der Waals surface area contributed by atoms with Gasteiger partial charge in [0.05, 0.1) is 5.52 Å². The summed E-state index contributed by atoms with van der Waals surface area (Å²) in [6.07, 6.45) is 2.51. The molecule has 1 aromatic carbocycles. The lowest BCUT2D eigenvalue weighted by molar-refractivity contribution is 0.0676. The van der Waals surface area contributed by atoms with Crippen molar-refractivity contribution in [1.82, 2.24) is 14.7 Å². The van der Waals surface area contributed by atoms with Gasteiger partial charge >= 0.3 is 5.97 Å². The molecule has 1 aliphatic rings. The van der Waals surface area contributed by atoms with E-state index in [2.05, 4.69) is 29.6 Å². The average molecular weight is 406 g/mol. The van der Waals surface area contributed by atoms with Crippen LogP contribution in [0.5, 0.6) is 5.75 Å². The van der Waals surface area contributed by atoms with Gasteiger partial charge in [0, 0.05) is 26.6 Å². The second-order valence-electron chi connectivity index (χ2n) is 8.58. The number of aromatic nitrogens is 2. The van der Waals surface area contributed by atoms with Crippen LogP contribution in [-0.2, 0) is 11.5 Å². The highest BCUT2D eigenvalue weighted by molar-refractivity contribution is 6.76. The minimum atomic E-state index is -1.16. The predicted octanol–water partition coefficient (Wildman–Crippen LogP) is 3.52. The smallest absolute Gasteiger partial charge is 0.357 e. The van der Waals surface area contributed by atoms with Crippen LogP contribution in [0.2, 0.25) is 25.7 Å². The Hall–Kier alpha value is -1.90. The molecule has 1 aliphatic heterocycles. The SMILES string of the molecule is C[Si](C)(C)CCOCn1nc(C(=O)O)c2cc(OCCN3CCCC3)ccc21. The maximum Gasteiger partial charge on any atom is 0.357 e. The van der Waals surface area contributed by atoms with Gasteiger partial charge in [0.2, 0.25) is 0 Å². The lowest BCUT2D eigenvalue weighted by Crippen LogP contribution is -2.25. The van der Waals surface area contributed by atoms with E-state index in [1.807, 2.05) is 12.1 Å². The largest absolute Gasteiger partial charge is 0.492 e. The monoisotopic (exact) mass is 405 g/mol. The van der Waals surface area contributed by atoms with Crippen molar-refractivity contribution in [2.75, 3.05) is 32.8 Å². The Bertz CT molecular complexity index is 810. The molecule has 0 aliphatic carbocycles. The van der Waals surface area contributed by atoms with Crippen molar-refractivity contribution >= 4 is 24.9 Å². The van der Waals surface area contributed by atoms with E-state index in [4.69, 9.17) is 9.47 Å². The summed E-state index contributed by atoms with van der Waals surface area (Å²) in [6.45, 7) is 11.6. The third-order valence-electron chi connectivity index (χ3n) is 5.01. The fourth-order valence-corrected chi connectivity index (χ4v) is 4.09. The first-order chi connectivity index (χ1) is 13.3. The molecule has 0 spiro atoms. The maximum atomic E-state index is 11.6. The molecule has 3 rings (SSSR count). The summed E-state index contributed by atoms with van der Waals surface area (Å²) in [5.41, 5.74) is 0.783. The number of fused-ring (bicyclic) bond motifs is 1. The number of aromatic carboxylic acids is 1. The topological polar surface area (TPSA) is 76.8 Å². The zero-order chi connectivity index (χ0) is 20.1. The van der Waals surface area contributed by atoms with Crippen LogP contribution in [0.3, 0.4) is 0 Å². The van der Waals surface area contributed by atoms with Gasteiger partial charge in [0.15, 0.2) is 5.69 Å². The molecule has 154 valence electrons. The van der Waals surface area contributed by atoms with Crippen molar-refractivity contribution in [1.29, 1.82) is 0 Å². The van der Waals surface area contributed by atoms with Gasteiger partial charge in [-0.15, -0.1) is 0 Å². The number of nitrogens with zero attached hydrogens (tertiary/aromatic N) is 3. The van der Waals surface area contributed by atoms with Gasteiger partial charge in [-0.05, 0) is 50.2 Å². The van der Waals surface area contributed by atoms with Crippen LogP contribution in [-0.4, -0.2) is 66.7 Å². The van der Waals surface area contributed by atoms with Crippen molar-refractivity contribution in [3.8, 4) is 5.75 Å². The van der Waals surface area contributed by atoms with E-state index in [0.717, 1.165) is 31.2 Å². The molecule has 7 nitrogen and oxygen atoms in total. The highest BCUT2D eigenvalue weighted by Gasteiger charge is 2.18. The summed E-state index contributed by atoms with van der Waals surface area (Å²) in [4.78, 5) is 14.0. The first-order valence-electron chi connectivity index (χ1n) is 10.0. The van der Waals surface area contributed by atoms with Gasteiger partial charge in [0.25, 0.3) is 0 Å². The van der Waals surface area contributed by atoms with Gasteiger partial charge in [-0.3, -0.25) is 4.90 Å². The molecule has 2 aromatic rings. The van der Waals surface area contributed by atoms with E-state index in [-0.39, 0.29) is 12.4 Å². The Balaban J connectivity index is 1.67. The van der Waals surface area contributed by atoms with Gasteiger partial charge in [-0.2, -0.15) is 5.10 Å². The van der Waals surface area contributed by atoms with Crippen LogP contribution in [0.1, 0.15) is 23.3 Å². The van der Waals surface area contributed by atoms with Crippen LogP contribution in [0, 0.1) is 0 Å². The van der Waals surface area contributed by atoms with E-state index < -0.39 is 14.0 Å². The summed E-state index contributed by atoms with van der Waals surface area (Å²) in [5.74, 6) is -0.367. The zero-order valence-corrected chi connectivity index (χ0v) is 18.1. The number of carboxylic acids is 1. The number of ether oxygens (including phenoxy) is 2. The Morgan fingerprint density at radius 3 is 2.64 bits per heavy atom. The molecular formula is C20H31N3O4Si. The fourth-order valence-electron chi connectivity index (χ4n) is 3.33. The number of hydrogen-bond donors (Lipinski definition) is 1. The average Bonchev–Trinajstić information content (AvgIpc) is 3.25. The van der Waals surface area contributed by atoms with Crippen LogP contribution in [0.15, 0.2) is 18.2 Å². The number of likely N-dealkylation sites (tertiary alicyclic amines) is 1. The molecule has 28 heavy (non-hydrogen) atoms. The van der Waals surface area contributed by atoms with Crippen molar-refractivity contribution in [3.05, 3.63) is 23.9 Å². The summed E-state index contributed by atoms with van der Waals surface area (Å²) in [6, 6.07) is 6.57. The molecule has 0 unspecified atom stereocenters. The van der Waals surface area contributed by atoms with E-state index in [0.29, 0.717) is 24.3 Å². The minimum Gasteiger partial charge on any atom is -0.492 e. The normalized spacial score (nSPS) is 15.4. The van der Waals surface area contributed by atoms with Crippen molar-refractivity contribution in [2.45, 2.75) is 45.3 Å². The summed E-state index contributed by atoms with van der Waals surface area (Å²) >= 11 is 0. The summed E-state index contributed by atoms with van der Waals surface area (Å²) in [7, 11) is -1.16. The highest BCUT2D eigenvalue weighted by atomic mass is 28.3. The van der Waals surface area contributed by atoms with Crippen LogP contribution >= 0.6 is 0 Å². The Kier molecular flexibility index (Phi) is 6.74. The van der Waals surface area contributed by atoms with Crippen LogP contribution in [0.4, 0.5) is 0 Å². The lowest BCUT2D eigenvalue weighted by Gasteiger charge is -2.15. The molecule has 0 radical (unpaired) electrons. The standard InChI is InChI=1S/C20H31N3O4Si/c1-28(2,3)13-12-26-15-23-18-7-6-16(14-17(18)19(21-23)20(24)25)27-11-10-22-8-4-5-9-22/h6-7,14H,4-5,8-13,15H2,1-3H3,(H,24,25). The zero-order valence-electron chi connectivity index (χ0n) is 17.1. The minimum absolute atomic E-state index is 0.0359. The third-order valence-corrected chi connectivity index (χ3v) is 6.71. The Morgan fingerprint density at radius 2 is 1.96 bits per heavy atom. The van der Waals surface area contributed by atoms with Gasteiger partial charge in [-0.25, -0.2) is 9.48 Å². The molecule has 1 N–H and O–H groups in total. The molecule has 2 heterocycles. The number of carboxylic acid groups (broad SMARTS) is 1. The second-order valence-corrected chi connectivity index (χ2v) is 14.2. The van der Waals surface area contributed by atoms with Crippen molar-refractivity contribution in [2.24, 2.45) is 0 Å². The maximum absolute atomic E-state index is 11.6. The molecular weight excluding hydrogens is 374 g/mol. The fraction of sp³-hybridized carbons (Fsp3) is 0.600. The first-order valence-corrected chi connectivity index (χ1v) is 13.7. The first kappa shape index (κ1) is 20.8. The third kappa shape index (κ3) is 5.56. The van der Waals surface area contributed by atoms with E-state index in [1.165, 1.54) is 12.8 Å². The second kappa shape index (κ2) is 9.06. The van der Waals surface area contributed by atoms with E-state index in [1.54, 1.807) is 10.7 Å². The van der Waals surface area contributed by atoms with Gasteiger partial charge < -0.3 is 14.6 Å². The number of rotatable bonds is 10. The molecule has 0 saturated carbocycles. The van der Waals surface area contributed by atoms with Gasteiger partial charge in [-0.1, -0.05) is 19.6 Å². The van der Waals surface area contributed by atoms with Crippen molar-refractivity contribution < 1.29 is 19.4 Å². The predicted molar refractivity (Wildman–Crippen MR) is 112 cm³/mol. The Morgan fingerprint density at radius 1 is 1.21 bits per heavy atom. The van der Waals surface area contributed by atoms with E-state index >= 15 is 0 Å². The number of carbonyl (C=O) groups is 1. The molecule has 0 amide bonds. The van der Waals surface area contributed by atoms with Gasteiger partial charge in [0.1, 0.15) is 19.1 Å². The van der Waals surface area contributed by atoms with E-state index in [9.17, 15) is 9.90 Å². The molecule has 1 aromatic heterocycles. The Labute approximate surface area is 167 Å². The molecule has 8 heteroatoms. The van der Waals surface area contributed by atoms with Crippen molar-refractivity contribution in [3.63, 3.8) is 0 Å². The number of benzene rings is 1. The summed E-state index contributed by atoms with van der Waals surface area (Å²) in [5, 5.41) is 14.4. The van der Waals surface area contributed by atoms with Crippen LogP contribution < -0.4 is 4.74 Å². The molecule has 0 bridgehead atoms. The number of hydrogen-bond acceptors (Lipinski definition) is 5. The molecule has 0 atom stereocenters. The molecule has 1 saturated heterocycles. The quantitative estimate of drug-likeness (QED) is 0.481.